The minimum atomic E-state index is -1.27. The fourth-order valence-electron chi connectivity index (χ4n) is 2.59. The van der Waals surface area contributed by atoms with Gasteiger partial charge in [0.25, 0.3) is 0 Å². The number of ether oxygens (including phenoxy) is 1. The van der Waals surface area contributed by atoms with Crippen LogP contribution in [0.25, 0.3) is 0 Å². The number of rotatable bonds is 8. The van der Waals surface area contributed by atoms with Crippen molar-refractivity contribution >= 4 is 6.03 Å². The fraction of sp³-hybridized carbons (Fsp3) is 0.421. The average Bonchev–Trinajstić information content (AvgIpc) is 3.14. The standard InChI is InChI=1S/C19H26N2O4/c1-4-15(14-9-6-7-10-16(14)24-5-2)21-18(22)20-13-19(3,23)17-11-8-12-25-17/h6-12,15,23H,4-5,13H2,1-3H3,(H2,20,21,22). The van der Waals surface area contributed by atoms with Gasteiger partial charge in [0.15, 0.2) is 0 Å². The molecule has 1 aromatic heterocycles. The molecule has 0 aliphatic rings. The molecule has 0 aliphatic carbocycles. The number of furan rings is 1. The zero-order valence-corrected chi connectivity index (χ0v) is 14.9. The van der Waals surface area contributed by atoms with Crippen LogP contribution in [0.4, 0.5) is 4.79 Å². The van der Waals surface area contributed by atoms with Crippen LogP contribution in [0.2, 0.25) is 0 Å². The number of para-hydroxylation sites is 1. The number of benzene rings is 1. The molecule has 2 rings (SSSR count). The molecular weight excluding hydrogens is 320 g/mol. The van der Waals surface area contributed by atoms with Crippen molar-refractivity contribution in [2.45, 2.75) is 38.8 Å². The van der Waals surface area contributed by atoms with Gasteiger partial charge in [-0.15, -0.1) is 0 Å². The molecule has 6 nitrogen and oxygen atoms in total. The van der Waals surface area contributed by atoms with Crippen molar-refractivity contribution in [3.8, 4) is 5.75 Å². The molecule has 136 valence electrons. The van der Waals surface area contributed by atoms with E-state index in [1.165, 1.54) is 6.26 Å². The Balaban J connectivity index is 1.98. The van der Waals surface area contributed by atoms with Gasteiger partial charge < -0.3 is 24.9 Å². The monoisotopic (exact) mass is 346 g/mol. The largest absolute Gasteiger partial charge is 0.494 e. The first kappa shape index (κ1) is 18.9. The highest BCUT2D eigenvalue weighted by atomic mass is 16.5. The van der Waals surface area contributed by atoms with Crippen LogP contribution in [-0.4, -0.2) is 24.3 Å². The van der Waals surface area contributed by atoms with Gasteiger partial charge in [0.05, 0.1) is 25.5 Å². The van der Waals surface area contributed by atoms with Gasteiger partial charge in [-0.25, -0.2) is 4.79 Å². The second kappa shape index (κ2) is 8.58. The molecule has 2 atom stereocenters. The molecule has 6 heteroatoms. The summed E-state index contributed by atoms with van der Waals surface area (Å²) in [6.45, 7) is 6.11. The van der Waals surface area contributed by atoms with Crippen LogP contribution >= 0.6 is 0 Å². The van der Waals surface area contributed by atoms with E-state index in [2.05, 4.69) is 10.6 Å². The molecule has 2 unspecified atom stereocenters. The third-order valence-corrected chi connectivity index (χ3v) is 3.95. The summed E-state index contributed by atoms with van der Waals surface area (Å²) >= 11 is 0. The van der Waals surface area contributed by atoms with E-state index in [1.54, 1.807) is 19.1 Å². The van der Waals surface area contributed by atoms with Crippen molar-refractivity contribution in [2.24, 2.45) is 0 Å². The Morgan fingerprint density at radius 1 is 1.28 bits per heavy atom. The molecule has 0 spiro atoms. The number of nitrogens with one attached hydrogen (secondary N) is 2. The summed E-state index contributed by atoms with van der Waals surface area (Å²) in [7, 11) is 0. The minimum Gasteiger partial charge on any atom is -0.494 e. The Morgan fingerprint density at radius 2 is 2.04 bits per heavy atom. The number of urea groups is 1. The first-order valence-corrected chi connectivity index (χ1v) is 8.50. The molecule has 0 radical (unpaired) electrons. The molecule has 25 heavy (non-hydrogen) atoms. The fourth-order valence-corrected chi connectivity index (χ4v) is 2.59. The Labute approximate surface area is 148 Å². The van der Waals surface area contributed by atoms with Crippen molar-refractivity contribution in [2.75, 3.05) is 13.2 Å². The average molecular weight is 346 g/mol. The van der Waals surface area contributed by atoms with E-state index in [1.807, 2.05) is 38.1 Å². The second-order valence-electron chi connectivity index (χ2n) is 6.01. The zero-order chi connectivity index (χ0) is 18.3. The van der Waals surface area contributed by atoms with Gasteiger partial charge in [-0.1, -0.05) is 25.1 Å². The lowest BCUT2D eigenvalue weighted by atomic mass is 10.0. The topological polar surface area (TPSA) is 83.7 Å². The van der Waals surface area contributed by atoms with Crippen LogP contribution in [-0.2, 0) is 5.60 Å². The highest BCUT2D eigenvalue weighted by Crippen LogP contribution is 2.27. The molecule has 3 N–H and O–H groups in total. The normalized spacial score (nSPS) is 14.4. The van der Waals surface area contributed by atoms with Crippen molar-refractivity contribution < 1.29 is 19.1 Å². The SMILES string of the molecule is CCOc1ccccc1C(CC)NC(=O)NCC(C)(O)c1ccco1. The maximum absolute atomic E-state index is 12.3. The first-order valence-electron chi connectivity index (χ1n) is 8.50. The van der Waals surface area contributed by atoms with E-state index in [0.717, 1.165) is 11.3 Å². The summed E-state index contributed by atoms with van der Waals surface area (Å²) in [5, 5.41) is 16.0. The molecule has 0 saturated carbocycles. The van der Waals surface area contributed by atoms with Crippen LogP contribution < -0.4 is 15.4 Å². The molecule has 2 aromatic rings. The molecule has 1 aromatic carbocycles. The van der Waals surface area contributed by atoms with Gasteiger partial charge in [0, 0.05) is 5.56 Å². The van der Waals surface area contributed by atoms with E-state index in [0.29, 0.717) is 18.8 Å². The maximum Gasteiger partial charge on any atom is 0.315 e. The van der Waals surface area contributed by atoms with Crippen LogP contribution in [0.15, 0.2) is 47.1 Å². The summed E-state index contributed by atoms with van der Waals surface area (Å²) in [6.07, 6.45) is 2.20. The predicted molar refractivity (Wildman–Crippen MR) is 95.5 cm³/mol. The van der Waals surface area contributed by atoms with E-state index >= 15 is 0 Å². The second-order valence-corrected chi connectivity index (χ2v) is 6.01. The lowest BCUT2D eigenvalue weighted by Crippen LogP contribution is -2.44. The predicted octanol–water partition coefficient (Wildman–Crippen LogP) is 3.34. The maximum atomic E-state index is 12.3. The number of carbonyl (C=O) groups excluding carboxylic acids is 1. The molecular formula is C19H26N2O4. The summed E-state index contributed by atoms with van der Waals surface area (Å²) in [5.41, 5.74) is -0.342. The Bertz CT molecular complexity index is 668. The highest BCUT2D eigenvalue weighted by Gasteiger charge is 2.27. The first-order chi connectivity index (χ1) is 12.0. The van der Waals surface area contributed by atoms with Gasteiger partial charge in [0.1, 0.15) is 17.1 Å². The lowest BCUT2D eigenvalue weighted by molar-refractivity contribution is 0.0366. The summed E-state index contributed by atoms with van der Waals surface area (Å²) < 4.78 is 10.8. The van der Waals surface area contributed by atoms with Crippen molar-refractivity contribution in [3.63, 3.8) is 0 Å². The number of amides is 2. The molecule has 1 heterocycles. The Hall–Kier alpha value is -2.47. The Morgan fingerprint density at radius 3 is 2.68 bits per heavy atom. The van der Waals surface area contributed by atoms with Crippen molar-refractivity contribution in [1.29, 1.82) is 0 Å². The molecule has 0 bridgehead atoms. The molecule has 0 fully saturated rings. The smallest absolute Gasteiger partial charge is 0.315 e. The third-order valence-electron chi connectivity index (χ3n) is 3.95. The summed E-state index contributed by atoms with van der Waals surface area (Å²) in [5.74, 6) is 1.17. The van der Waals surface area contributed by atoms with Crippen LogP contribution in [0.3, 0.4) is 0 Å². The summed E-state index contributed by atoms with van der Waals surface area (Å²) in [6, 6.07) is 10.5. The van der Waals surface area contributed by atoms with E-state index in [9.17, 15) is 9.90 Å². The molecule has 2 amide bonds. The van der Waals surface area contributed by atoms with Gasteiger partial charge in [-0.3, -0.25) is 0 Å². The summed E-state index contributed by atoms with van der Waals surface area (Å²) in [4.78, 5) is 12.3. The number of carbonyl (C=O) groups is 1. The zero-order valence-electron chi connectivity index (χ0n) is 14.9. The van der Waals surface area contributed by atoms with Crippen molar-refractivity contribution in [3.05, 3.63) is 54.0 Å². The Kier molecular flexibility index (Phi) is 6.47. The highest BCUT2D eigenvalue weighted by molar-refractivity contribution is 5.74. The third kappa shape index (κ3) is 5.00. The van der Waals surface area contributed by atoms with Crippen LogP contribution in [0.5, 0.6) is 5.75 Å². The number of hydrogen-bond donors (Lipinski definition) is 3. The number of hydrogen-bond acceptors (Lipinski definition) is 4. The minimum absolute atomic E-state index is 0.0376. The van der Waals surface area contributed by atoms with Gasteiger partial charge >= 0.3 is 6.03 Å². The van der Waals surface area contributed by atoms with Crippen LogP contribution in [0.1, 0.15) is 44.6 Å². The number of aliphatic hydroxyl groups is 1. The molecule has 0 saturated heterocycles. The lowest BCUT2D eigenvalue weighted by Gasteiger charge is -2.24. The quantitative estimate of drug-likeness (QED) is 0.684. The van der Waals surface area contributed by atoms with E-state index in [-0.39, 0.29) is 18.6 Å². The van der Waals surface area contributed by atoms with Crippen molar-refractivity contribution in [1.82, 2.24) is 10.6 Å². The van der Waals surface area contributed by atoms with Gasteiger partial charge in [0.2, 0.25) is 0 Å². The van der Waals surface area contributed by atoms with Gasteiger partial charge in [-0.2, -0.15) is 0 Å². The van der Waals surface area contributed by atoms with Gasteiger partial charge in [-0.05, 0) is 38.5 Å². The molecule has 0 aliphatic heterocycles. The van der Waals surface area contributed by atoms with Crippen LogP contribution in [0, 0.1) is 0 Å². The van der Waals surface area contributed by atoms with E-state index < -0.39 is 5.60 Å². The van der Waals surface area contributed by atoms with E-state index in [4.69, 9.17) is 9.15 Å².